The molecule has 6 nitrogen and oxygen atoms in total. The van der Waals surface area contributed by atoms with Crippen molar-refractivity contribution >= 4 is 21.4 Å². The van der Waals surface area contributed by atoms with Crippen molar-refractivity contribution in [2.75, 3.05) is 40.4 Å². The lowest BCUT2D eigenvalue weighted by Gasteiger charge is -2.31. The van der Waals surface area contributed by atoms with Crippen LogP contribution in [0, 0.1) is 0 Å². The molecule has 27 heavy (non-hydrogen) atoms. The largest absolute Gasteiger partial charge is 0.493 e. The zero-order valence-electron chi connectivity index (χ0n) is 15.7. The van der Waals surface area contributed by atoms with E-state index >= 15 is 0 Å². The molecular weight excluding hydrogens is 384 g/mol. The third kappa shape index (κ3) is 5.01. The Bertz CT molecular complexity index is 829. The van der Waals surface area contributed by atoms with Crippen molar-refractivity contribution in [2.45, 2.75) is 23.7 Å². The highest BCUT2D eigenvalue weighted by atomic mass is 32.2. The third-order valence-electron chi connectivity index (χ3n) is 4.92. The number of thiophene rings is 1. The van der Waals surface area contributed by atoms with Gasteiger partial charge in [-0.1, -0.05) is 6.07 Å². The molecule has 0 saturated carbocycles. The molecule has 1 saturated heterocycles. The SMILES string of the molecule is COc1ccc(S(=O)(=O)NCCN2CCC(c3cccs3)CC2)cc1OC. The number of ether oxygens (including phenoxy) is 2. The first-order valence-corrected chi connectivity index (χ1v) is 11.4. The molecule has 0 bridgehead atoms. The number of methoxy groups -OCH3 is 2. The minimum absolute atomic E-state index is 0.177. The Hall–Kier alpha value is -1.61. The Morgan fingerprint density at radius 2 is 1.89 bits per heavy atom. The Kier molecular flexibility index (Phi) is 6.75. The average Bonchev–Trinajstić information content (AvgIpc) is 3.22. The van der Waals surface area contributed by atoms with Crippen LogP contribution in [0.2, 0.25) is 0 Å². The first-order valence-electron chi connectivity index (χ1n) is 9.01. The lowest BCUT2D eigenvalue weighted by atomic mass is 9.95. The molecule has 0 radical (unpaired) electrons. The van der Waals surface area contributed by atoms with Gasteiger partial charge in [-0.2, -0.15) is 0 Å². The van der Waals surface area contributed by atoms with Crippen molar-refractivity contribution in [3.63, 3.8) is 0 Å². The van der Waals surface area contributed by atoms with E-state index in [0.29, 0.717) is 30.5 Å². The highest BCUT2D eigenvalue weighted by molar-refractivity contribution is 7.89. The van der Waals surface area contributed by atoms with Crippen LogP contribution in [0.1, 0.15) is 23.6 Å². The summed E-state index contributed by atoms with van der Waals surface area (Å²) in [7, 11) is -0.568. The van der Waals surface area contributed by atoms with E-state index in [4.69, 9.17) is 9.47 Å². The van der Waals surface area contributed by atoms with Gasteiger partial charge in [-0.05, 0) is 55.4 Å². The summed E-state index contributed by atoms with van der Waals surface area (Å²) in [5.41, 5.74) is 0. The summed E-state index contributed by atoms with van der Waals surface area (Å²) in [6.07, 6.45) is 2.26. The monoisotopic (exact) mass is 410 g/mol. The van der Waals surface area contributed by atoms with Crippen LogP contribution in [-0.2, 0) is 10.0 Å². The summed E-state index contributed by atoms with van der Waals surface area (Å²) >= 11 is 1.83. The maximum absolute atomic E-state index is 12.5. The van der Waals surface area contributed by atoms with Crippen LogP contribution in [0.4, 0.5) is 0 Å². The van der Waals surface area contributed by atoms with Crippen molar-refractivity contribution in [2.24, 2.45) is 0 Å². The van der Waals surface area contributed by atoms with Gasteiger partial charge in [0.15, 0.2) is 11.5 Å². The van der Waals surface area contributed by atoms with Crippen molar-refractivity contribution in [3.8, 4) is 11.5 Å². The second kappa shape index (κ2) is 9.05. The molecule has 1 aromatic carbocycles. The summed E-state index contributed by atoms with van der Waals surface area (Å²) in [4.78, 5) is 3.96. The van der Waals surface area contributed by atoms with Gasteiger partial charge >= 0.3 is 0 Å². The molecule has 1 fully saturated rings. The summed E-state index contributed by atoms with van der Waals surface area (Å²) in [5.74, 6) is 1.55. The number of likely N-dealkylation sites (tertiary alicyclic amines) is 1. The van der Waals surface area contributed by atoms with Gasteiger partial charge in [0, 0.05) is 24.0 Å². The summed E-state index contributed by atoms with van der Waals surface area (Å²) in [6.45, 7) is 3.10. The standard InChI is InChI=1S/C19H26N2O4S2/c1-24-17-6-5-16(14-18(17)25-2)27(22,23)20-9-12-21-10-7-15(8-11-21)19-4-3-13-26-19/h3-6,13-15,20H,7-12H2,1-2H3. The van der Waals surface area contributed by atoms with Crippen molar-refractivity contribution in [1.82, 2.24) is 9.62 Å². The number of rotatable bonds is 8. The maximum Gasteiger partial charge on any atom is 0.240 e. The van der Waals surface area contributed by atoms with Crippen molar-refractivity contribution in [1.29, 1.82) is 0 Å². The van der Waals surface area contributed by atoms with E-state index in [1.807, 2.05) is 11.3 Å². The molecule has 1 aromatic heterocycles. The van der Waals surface area contributed by atoms with Crippen LogP contribution in [0.25, 0.3) is 0 Å². The smallest absolute Gasteiger partial charge is 0.240 e. The fraction of sp³-hybridized carbons (Fsp3) is 0.474. The van der Waals surface area contributed by atoms with Crippen LogP contribution in [0.15, 0.2) is 40.6 Å². The molecule has 0 amide bonds. The third-order valence-corrected chi connectivity index (χ3v) is 7.41. The molecule has 2 heterocycles. The Balaban J connectivity index is 1.50. The summed E-state index contributed by atoms with van der Waals surface area (Å²) in [6, 6.07) is 8.92. The topological polar surface area (TPSA) is 67.9 Å². The molecule has 1 aliphatic rings. The predicted octanol–water partition coefficient (Wildman–Crippen LogP) is 2.92. The second-order valence-corrected chi connectivity index (χ2v) is 9.29. The number of nitrogens with one attached hydrogen (secondary N) is 1. The number of hydrogen-bond acceptors (Lipinski definition) is 6. The van der Waals surface area contributed by atoms with Crippen LogP contribution >= 0.6 is 11.3 Å². The molecule has 1 N–H and O–H groups in total. The van der Waals surface area contributed by atoms with Gasteiger partial charge in [0.2, 0.25) is 10.0 Å². The predicted molar refractivity (Wildman–Crippen MR) is 107 cm³/mol. The fourth-order valence-electron chi connectivity index (χ4n) is 3.37. The quantitative estimate of drug-likeness (QED) is 0.725. The highest BCUT2D eigenvalue weighted by Gasteiger charge is 2.22. The Labute approximate surface area is 165 Å². The van der Waals surface area contributed by atoms with Crippen molar-refractivity contribution < 1.29 is 17.9 Å². The summed E-state index contributed by atoms with van der Waals surface area (Å²) < 4.78 is 38.1. The molecule has 0 unspecified atom stereocenters. The van der Waals surface area contributed by atoms with E-state index in [0.717, 1.165) is 25.9 Å². The minimum atomic E-state index is -3.58. The van der Waals surface area contributed by atoms with Gasteiger partial charge in [0.25, 0.3) is 0 Å². The molecule has 148 valence electrons. The summed E-state index contributed by atoms with van der Waals surface area (Å²) in [5, 5.41) is 2.13. The molecule has 8 heteroatoms. The van der Waals surface area contributed by atoms with Crippen LogP contribution < -0.4 is 14.2 Å². The number of nitrogens with zero attached hydrogens (tertiary/aromatic N) is 1. The van der Waals surface area contributed by atoms with Crippen LogP contribution in [0.5, 0.6) is 11.5 Å². The van der Waals surface area contributed by atoms with Gasteiger partial charge in [0.1, 0.15) is 0 Å². The molecule has 0 atom stereocenters. The van der Waals surface area contributed by atoms with E-state index < -0.39 is 10.0 Å². The normalized spacial score (nSPS) is 16.4. The lowest BCUT2D eigenvalue weighted by molar-refractivity contribution is 0.217. The van der Waals surface area contributed by atoms with E-state index in [2.05, 4.69) is 27.1 Å². The molecule has 3 rings (SSSR count). The van der Waals surface area contributed by atoms with E-state index in [-0.39, 0.29) is 4.90 Å². The second-order valence-electron chi connectivity index (χ2n) is 6.55. The van der Waals surface area contributed by atoms with Crippen molar-refractivity contribution in [3.05, 3.63) is 40.6 Å². The highest BCUT2D eigenvalue weighted by Crippen LogP contribution is 2.31. The molecule has 2 aromatic rings. The Morgan fingerprint density at radius 1 is 1.15 bits per heavy atom. The van der Waals surface area contributed by atoms with Gasteiger partial charge in [-0.15, -0.1) is 11.3 Å². The van der Waals surface area contributed by atoms with Crippen LogP contribution in [0.3, 0.4) is 0 Å². The molecule has 0 aliphatic carbocycles. The van der Waals surface area contributed by atoms with E-state index in [1.54, 1.807) is 6.07 Å². The molecule has 1 aliphatic heterocycles. The fourth-order valence-corrected chi connectivity index (χ4v) is 5.31. The van der Waals surface area contributed by atoms with E-state index in [1.165, 1.54) is 31.2 Å². The maximum atomic E-state index is 12.5. The first-order chi connectivity index (χ1) is 13.0. The van der Waals surface area contributed by atoms with E-state index in [9.17, 15) is 8.42 Å². The molecular formula is C19H26N2O4S2. The van der Waals surface area contributed by atoms with Gasteiger partial charge in [-0.25, -0.2) is 13.1 Å². The first kappa shape index (κ1) is 20.1. The average molecular weight is 411 g/mol. The number of sulfonamides is 1. The number of hydrogen-bond donors (Lipinski definition) is 1. The van der Waals surface area contributed by atoms with Gasteiger partial charge < -0.3 is 14.4 Å². The molecule has 0 spiro atoms. The number of piperidine rings is 1. The van der Waals surface area contributed by atoms with Crippen LogP contribution in [-0.4, -0.2) is 53.7 Å². The van der Waals surface area contributed by atoms with Gasteiger partial charge in [0.05, 0.1) is 19.1 Å². The zero-order valence-corrected chi connectivity index (χ0v) is 17.3. The lowest BCUT2D eigenvalue weighted by Crippen LogP contribution is -2.39. The minimum Gasteiger partial charge on any atom is -0.493 e. The Morgan fingerprint density at radius 3 is 2.52 bits per heavy atom. The number of benzene rings is 1. The zero-order chi connectivity index (χ0) is 19.3. The van der Waals surface area contributed by atoms with Gasteiger partial charge in [-0.3, -0.25) is 0 Å².